The van der Waals surface area contributed by atoms with E-state index in [1.54, 1.807) is 0 Å². The molecule has 0 spiro atoms. The highest BCUT2D eigenvalue weighted by Gasteiger charge is 2.38. The summed E-state index contributed by atoms with van der Waals surface area (Å²) in [6.07, 6.45) is 0. The van der Waals surface area contributed by atoms with E-state index in [2.05, 4.69) is 304 Å². The van der Waals surface area contributed by atoms with E-state index in [-0.39, 0.29) is 10.8 Å². The molecule has 4 heterocycles. The van der Waals surface area contributed by atoms with Crippen LogP contribution in [-0.2, 0) is 10.8 Å². The maximum absolute atomic E-state index is 7.04. The Morgan fingerprint density at radius 3 is 0.980 bits per heavy atom. The van der Waals surface area contributed by atoms with Crippen molar-refractivity contribution in [2.45, 2.75) is 38.5 Å². The number of anilines is 6. The third-order valence-electron chi connectivity index (χ3n) is 21.7. The summed E-state index contributed by atoms with van der Waals surface area (Å²) >= 11 is 0. The van der Waals surface area contributed by atoms with Gasteiger partial charge in [0.25, 0.3) is 0 Å². The Bertz CT molecular complexity index is 6200. The highest BCUT2D eigenvalue weighted by atomic mass is 16.3. The molecule has 0 unspecified atom stereocenters. The van der Waals surface area contributed by atoms with Crippen molar-refractivity contribution in [3.8, 4) is 44.9 Å². The van der Waals surface area contributed by atoms with E-state index in [1.165, 1.54) is 66.1 Å². The van der Waals surface area contributed by atoms with Gasteiger partial charge in [-0.25, -0.2) is 0 Å². The zero-order valence-corrected chi connectivity index (χ0v) is 54.2. The van der Waals surface area contributed by atoms with Gasteiger partial charge in [0.1, 0.15) is 45.0 Å². The summed E-state index contributed by atoms with van der Waals surface area (Å²) in [5.74, 6) is 1.71. The molecule has 462 valence electrons. The van der Waals surface area contributed by atoms with Crippen molar-refractivity contribution in [2.75, 3.05) is 9.80 Å². The highest BCUT2D eigenvalue weighted by Crippen LogP contribution is 2.55. The van der Waals surface area contributed by atoms with E-state index in [0.717, 1.165) is 144 Å². The second-order valence-electron chi connectivity index (χ2n) is 28.1. The van der Waals surface area contributed by atoms with Crippen LogP contribution in [0.15, 0.2) is 309 Å². The minimum atomic E-state index is -0.234. The fourth-order valence-electron chi connectivity index (χ4n) is 16.6. The lowest BCUT2D eigenvalue weighted by atomic mass is 9.81. The van der Waals surface area contributed by atoms with Gasteiger partial charge < -0.3 is 27.5 Å². The van der Waals surface area contributed by atoms with Crippen LogP contribution in [0, 0.1) is 0 Å². The predicted molar refractivity (Wildman–Crippen MR) is 406 cm³/mol. The van der Waals surface area contributed by atoms with Crippen LogP contribution in [0.2, 0.25) is 0 Å². The first-order valence-electron chi connectivity index (χ1n) is 33.8. The van der Waals surface area contributed by atoms with Crippen molar-refractivity contribution >= 4 is 143 Å². The summed E-state index contributed by atoms with van der Waals surface area (Å²) in [5.41, 5.74) is 23.2. The molecule has 6 nitrogen and oxygen atoms in total. The minimum absolute atomic E-state index is 0.234. The molecule has 0 saturated carbocycles. The van der Waals surface area contributed by atoms with E-state index < -0.39 is 0 Å². The maximum atomic E-state index is 7.04. The number of furan rings is 4. The minimum Gasteiger partial charge on any atom is -0.456 e. The lowest BCUT2D eigenvalue weighted by molar-refractivity contribution is 0.631. The number of para-hydroxylation sites is 2. The van der Waals surface area contributed by atoms with Crippen molar-refractivity contribution in [1.29, 1.82) is 0 Å². The van der Waals surface area contributed by atoms with Gasteiger partial charge in [0, 0.05) is 101 Å². The summed E-state index contributed by atoms with van der Waals surface area (Å²) in [6.45, 7) is 9.47. The van der Waals surface area contributed by atoms with Crippen molar-refractivity contribution in [1.82, 2.24) is 0 Å². The molecular weight excluding hydrogens is 1200 g/mol. The third kappa shape index (κ3) is 8.21. The Morgan fingerprint density at radius 2 is 0.541 bits per heavy atom. The Hall–Kier alpha value is -12.4. The van der Waals surface area contributed by atoms with Crippen LogP contribution in [-0.4, -0.2) is 0 Å². The Kier molecular flexibility index (Phi) is 11.3. The second-order valence-corrected chi connectivity index (χ2v) is 28.1. The number of fused-ring (bicyclic) bond motifs is 18. The van der Waals surface area contributed by atoms with Gasteiger partial charge in [-0.3, -0.25) is 0 Å². The van der Waals surface area contributed by atoms with Gasteiger partial charge in [0.15, 0.2) is 0 Å². The van der Waals surface area contributed by atoms with E-state index >= 15 is 0 Å². The van der Waals surface area contributed by atoms with Gasteiger partial charge >= 0.3 is 0 Å². The van der Waals surface area contributed by atoms with E-state index in [4.69, 9.17) is 17.7 Å². The molecule has 0 amide bonds. The zero-order chi connectivity index (χ0) is 64.9. The summed E-state index contributed by atoms with van der Waals surface area (Å²) in [4.78, 5) is 4.77. The second kappa shape index (κ2) is 20.1. The summed E-state index contributed by atoms with van der Waals surface area (Å²) in [6, 6.07) is 106. The normalized spacial score (nSPS) is 13.7. The summed E-state index contributed by atoms with van der Waals surface area (Å²) in [5, 5.41) is 15.8. The third-order valence-corrected chi connectivity index (χ3v) is 21.7. The molecule has 21 rings (SSSR count). The van der Waals surface area contributed by atoms with Gasteiger partial charge in [-0.2, -0.15) is 0 Å². The molecule has 0 fully saturated rings. The number of hydrogen-bond donors (Lipinski definition) is 0. The molecule has 0 radical (unpaired) electrons. The topological polar surface area (TPSA) is 59.0 Å². The molecule has 0 atom stereocenters. The molecule has 0 aliphatic heterocycles. The van der Waals surface area contributed by atoms with Gasteiger partial charge in [-0.15, -0.1) is 0 Å². The molecule has 2 aliphatic rings. The van der Waals surface area contributed by atoms with Gasteiger partial charge in [0.2, 0.25) is 0 Å². The molecule has 0 bridgehead atoms. The molecule has 15 aromatic carbocycles. The van der Waals surface area contributed by atoms with Crippen LogP contribution in [0.3, 0.4) is 0 Å². The van der Waals surface area contributed by atoms with Crippen molar-refractivity contribution in [3.05, 3.63) is 313 Å². The van der Waals surface area contributed by atoms with Crippen molar-refractivity contribution in [3.63, 3.8) is 0 Å². The van der Waals surface area contributed by atoms with Crippen LogP contribution >= 0.6 is 0 Å². The molecule has 0 saturated heterocycles. The molecule has 2 aliphatic carbocycles. The first-order chi connectivity index (χ1) is 47.9. The lowest BCUT2D eigenvalue weighted by Crippen LogP contribution is -2.16. The molecule has 6 heteroatoms. The molecule has 0 N–H and O–H groups in total. The Balaban J connectivity index is 0.671. The molecular formula is C92H60N2O4. The standard InChI is InChI=1S/C92H60N2O4/c1-91(2)79-43-55-15-7-5-13-53(55)41-75(79)71-33-29-67(47-81(71)91)93(65-27-25-57-37-63(23-21-59(57)39-65)85-45-61-17-9-11-19-83(61)95-85)69-31-35-73-77-51-90-78(52-89(77)97-87(73)49-69)74-36-32-70(50-88(74)98-90)94(66-28-26-58-38-64(24-22-60(58)40-66)86-46-62-18-10-12-20-84(62)96-86)68-30-34-72-76-42-54-14-6-8-16-56(54)44-80(76)92(3,4)82(72)48-68/h5-52H,1-4H3. The van der Waals surface area contributed by atoms with Crippen LogP contribution < -0.4 is 9.80 Å². The highest BCUT2D eigenvalue weighted by molar-refractivity contribution is 6.16. The fraction of sp³-hybridized carbons (Fsp3) is 0.0652. The van der Waals surface area contributed by atoms with Crippen LogP contribution in [0.5, 0.6) is 0 Å². The monoisotopic (exact) mass is 1260 g/mol. The van der Waals surface area contributed by atoms with Crippen LogP contribution in [0.25, 0.3) is 154 Å². The Morgan fingerprint density at radius 1 is 0.214 bits per heavy atom. The number of benzene rings is 15. The number of hydrogen-bond acceptors (Lipinski definition) is 6. The van der Waals surface area contributed by atoms with Crippen molar-refractivity contribution < 1.29 is 17.7 Å². The Labute approximate surface area is 564 Å². The van der Waals surface area contributed by atoms with Crippen molar-refractivity contribution in [2.24, 2.45) is 0 Å². The molecule has 19 aromatic rings. The molecule has 98 heavy (non-hydrogen) atoms. The average molecular weight is 1260 g/mol. The van der Waals surface area contributed by atoms with Gasteiger partial charge in [-0.1, -0.05) is 161 Å². The smallest absolute Gasteiger partial charge is 0.137 e. The zero-order valence-electron chi connectivity index (χ0n) is 54.2. The quantitative estimate of drug-likeness (QED) is 0.151. The maximum Gasteiger partial charge on any atom is 0.137 e. The van der Waals surface area contributed by atoms with E-state index in [1.807, 2.05) is 24.3 Å². The number of rotatable bonds is 8. The van der Waals surface area contributed by atoms with Crippen LogP contribution in [0.4, 0.5) is 34.1 Å². The lowest BCUT2D eigenvalue weighted by Gasteiger charge is -2.28. The largest absolute Gasteiger partial charge is 0.456 e. The SMILES string of the molecule is CC1(C)c2cc(N(c3ccc4cc(-c5cc6ccccc6o5)ccc4c3)c3ccc4c(c3)oc3cc5c(cc34)oc3cc(N(c4ccc6c(c4)C(C)(C)c4cc7ccccc7cc4-6)c4ccc6cc(-c7cc8ccccc8o7)ccc6c4)ccc35)ccc2-c2cc3ccccc3cc21. The van der Waals surface area contributed by atoms with Gasteiger partial charge in [-0.05, 0) is 233 Å². The summed E-state index contributed by atoms with van der Waals surface area (Å²) in [7, 11) is 0. The number of nitrogens with zero attached hydrogens (tertiary/aromatic N) is 2. The van der Waals surface area contributed by atoms with Gasteiger partial charge in [0.05, 0.1) is 0 Å². The fourth-order valence-corrected chi connectivity index (χ4v) is 16.6. The van der Waals surface area contributed by atoms with E-state index in [0.29, 0.717) is 0 Å². The predicted octanol–water partition coefficient (Wildman–Crippen LogP) is 26.5. The molecule has 4 aromatic heterocycles. The first-order valence-corrected chi connectivity index (χ1v) is 33.8. The average Bonchev–Trinajstić information content (AvgIpc) is 1.56. The first kappa shape index (κ1) is 55.0. The van der Waals surface area contributed by atoms with E-state index in [9.17, 15) is 0 Å². The van der Waals surface area contributed by atoms with Crippen LogP contribution in [0.1, 0.15) is 49.9 Å². The summed E-state index contributed by atoms with van der Waals surface area (Å²) < 4.78 is 26.8.